The van der Waals surface area contributed by atoms with Gasteiger partial charge in [0.15, 0.2) is 11.6 Å². The normalized spacial score (nSPS) is 17.6. The monoisotopic (exact) mass is 322 g/mol. The fourth-order valence-corrected chi connectivity index (χ4v) is 2.23. The molecule has 1 unspecified atom stereocenters. The van der Waals surface area contributed by atoms with Crippen LogP contribution in [0, 0.1) is 5.82 Å². The summed E-state index contributed by atoms with van der Waals surface area (Å²) >= 11 is 0. The Morgan fingerprint density at radius 2 is 2.17 bits per heavy atom. The number of carbonyl (C=O) groups excluding carboxylic acids is 2. The van der Waals surface area contributed by atoms with Crippen molar-refractivity contribution in [3.05, 3.63) is 24.0 Å². The number of para-hydroxylation sites is 1. The molecule has 0 aliphatic carbocycles. The molecule has 1 fully saturated rings. The summed E-state index contributed by atoms with van der Waals surface area (Å²) in [5.41, 5.74) is -0.497. The molecule has 6 nitrogen and oxygen atoms in total. The minimum Gasteiger partial charge on any atom is -0.483 e. The molecule has 7 heteroatoms. The topological polar surface area (TPSA) is 68.2 Å². The molecule has 0 bridgehead atoms. The summed E-state index contributed by atoms with van der Waals surface area (Å²) in [4.78, 5) is 27.4. The molecule has 1 heterocycles. The zero-order chi connectivity index (χ0) is 17.0. The predicted molar refractivity (Wildman–Crippen MR) is 81.0 cm³/mol. The van der Waals surface area contributed by atoms with Crippen molar-refractivity contribution in [2.75, 3.05) is 13.1 Å². The molecule has 1 aromatic rings. The lowest BCUT2D eigenvalue weighted by Crippen LogP contribution is -2.36. The fourth-order valence-electron chi connectivity index (χ4n) is 2.23. The van der Waals surface area contributed by atoms with Gasteiger partial charge >= 0.3 is 6.09 Å². The Morgan fingerprint density at radius 1 is 1.43 bits per heavy atom. The van der Waals surface area contributed by atoms with Crippen LogP contribution in [0.1, 0.15) is 27.2 Å². The first-order valence-corrected chi connectivity index (χ1v) is 7.31. The second-order valence-corrected chi connectivity index (χ2v) is 6.25. The van der Waals surface area contributed by atoms with E-state index >= 15 is 0 Å². The van der Waals surface area contributed by atoms with E-state index < -0.39 is 17.5 Å². The molecule has 1 aliphatic rings. The van der Waals surface area contributed by atoms with Crippen LogP contribution in [0.4, 0.5) is 14.9 Å². The van der Waals surface area contributed by atoms with Crippen LogP contribution in [0.15, 0.2) is 23.2 Å². The van der Waals surface area contributed by atoms with Gasteiger partial charge in [0.2, 0.25) is 6.08 Å². The first-order valence-electron chi connectivity index (χ1n) is 7.31. The maximum absolute atomic E-state index is 13.9. The molecule has 1 aromatic carbocycles. The van der Waals surface area contributed by atoms with Gasteiger partial charge < -0.3 is 14.4 Å². The van der Waals surface area contributed by atoms with Gasteiger partial charge in [-0.05, 0) is 32.9 Å². The van der Waals surface area contributed by atoms with Crippen LogP contribution in [-0.2, 0) is 9.53 Å². The molecule has 0 radical (unpaired) electrons. The Labute approximate surface area is 133 Å². The lowest BCUT2D eigenvalue weighted by Gasteiger charge is -2.24. The fraction of sp³-hybridized carbons (Fsp3) is 0.500. The minimum absolute atomic E-state index is 0.0794. The SMILES string of the molecule is CC(C)(C)OC(=O)N1CCC(Oc2c(F)cccc2N=C=O)C1. The second-order valence-electron chi connectivity index (χ2n) is 6.25. The molecule has 0 aromatic heterocycles. The number of nitrogens with zero attached hydrogens (tertiary/aromatic N) is 2. The van der Waals surface area contributed by atoms with E-state index in [0.29, 0.717) is 13.0 Å². The van der Waals surface area contributed by atoms with E-state index in [9.17, 15) is 14.0 Å². The van der Waals surface area contributed by atoms with Gasteiger partial charge in [0, 0.05) is 13.0 Å². The van der Waals surface area contributed by atoms with E-state index in [1.807, 2.05) is 0 Å². The second kappa shape index (κ2) is 6.79. The van der Waals surface area contributed by atoms with E-state index in [4.69, 9.17) is 9.47 Å². The van der Waals surface area contributed by atoms with Crippen LogP contribution < -0.4 is 4.74 Å². The lowest BCUT2D eigenvalue weighted by molar-refractivity contribution is 0.0275. The zero-order valence-corrected chi connectivity index (χ0v) is 13.3. The first kappa shape index (κ1) is 17.0. The van der Waals surface area contributed by atoms with E-state index in [2.05, 4.69) is 4.99 Å². The maximum atomic E-state index is 13.9. The Kier molecular flexibility index (Phi) is 5.01. The Balaban J connectivity index is 2.04. The van der Waals surface area contributed by atoms with Gasteiger partial charge in [-0.15, -0.1) is 0 Å². The molecule has 1 amide bonds. The number of halogens is 1. The molecule has 1 atom stereocenters. The van der Waals surface area contributed by atoms with E-state index in [0.717, 1.165) is 0 Å². The van der Waals surface area contributed by atoms with Gasteiger partial charge in [-0.25, -0.2) is 14.0 Å². The molecule has 1 aliphatic heterocycles. The number of ether oxygens (including phenoxy) is 2. The standard InChI is InChI=1S/C16H19FN2O4/c1-16(2,3)23-15(21)19-8-7-11(9-19)22-14-12(17)5-4-6-13(14)18-10-20/h4-6,11H,7-9H2,1-3H3. The third-order valence-corrected chi connectivity index (χ3v) is 3.19. The quantitative estimate of drug-likeness (QED) is 0.633. The highest BCUT2D eigenvalue weighted by Gasteiger charge is 2.31. The highest BCUT2D eigenvalue weighted by molar-refractivity contribution is 5.68. The van der Waals surface area contributed by atoms with Gasteiger partial charge in [0.1, 0.15) is 17.4 Å². The Hall–Kier alpha value is -2.40. The van der Waals surface area contributed by atoms with Crippen molar-refractivity contribution in [3.8, 4) is 5.75 Å². The summed E-state index contributed by atoms with van der Waals surface area (Å²) in [5, 5.41) is 0. The number of benzene rings is 1. The molecule has 0 N–H and O–H groups in total. The average Bonchev–Trinajstić information content (AvgIpc) is 2.90. The number of hydrogen-bond acceptors (Lipinski definition) is 5. The van der Waals surface area contributed by atoms with Crippen molar-refractivity contribution >= 4 is 17.9 Å². The summed E-state index contributed by atoms with van der Waals surface area (Å²) in [7, 11) is 0. The number of rotatable bonds is 3. The van der Waals surface area contributed by atoms with Crippen molar-refractivity contribution in [3.63, 3.8) is 0 Å². The van der Waals surface area contributed by atoms with Crippen LogP contribution in [0.25, 0.3) is 0 Å². The predicted octanol–water partition coefficient (Wildman–Crippen LogP) is 3.18. The van der Waals surface area contributed by atoms with Crippen LogP contribution in [-0.4, -0.2) is 41.9 Å². The van der Waals surface area contributed by atoms with E-state index in [1.165, 1.54) is 29.2 Å². The smallest absolute Gasteiger partial charge is 0.410 e. The molecule has 1 saturated heterocycles. The number of aliphatic imine (C=N–C) groups is 1. The largest absolute Gasteiger partial charge is 0.483 e. The number of isocyanates is 1. The lowest BCUT2D eigenvalue weighted by atomic mass is 10.2. The van der Waals surface area contributed by atoms with E-state index in [-0.39, 0.29) is 24.1 Å². The number of likely N-dealkylation sites (tertiary alicyclic amines) is 1. The number of carbonyl (C=O) groups is 1. The van der Waals surface area contributed by atoms with Crippen molar-refractivity contribution < 1.29 is 23.5 Å². The Bertz CT molecular complexity index is 635. The molecular weight excluding hydrogens is 303 g/mol. The third kappa shape index (κ3) is 4.53. The number of hydrogen-bond donors (Lipinski definition) is 0. The zero-order valence-electron chi connectivity index (χ0n) is 13.3. The third-order valence-electron chi connectivity index (χ3n) is 3.19. The van der Waals surface area contributed by atoms with Crippen LogP contribution in [0.2, 0.25) is 0 Å². The van der Waals surface area contributed by atoms with Crippen LogP contribution in [0.3, 0.4) is 0 Å². The van der Waals surface area contributed by atoms with Crippen molar-refractivity contribution in [1.82, 2.24) is 4.90 Å². The molecule has 23 heavy (non-hydrogen) atoms. The van der Waals surface area contributed by atoms with Crippen molar-refractivity contribution in [1.29, 1.82) is 0 Å². The summed E-state index contributed by atoms with van der Waals surface area (Å²) in [6.45, 7) is 6.11. The van der Waals surface area contributed by atoms with Crippen molar-refractivity contribution in [2.24, 2.45) is 4.99 Å². The highest BCUT2D eigenvalue weighted by atomic mass is 19.1. The summed E-state index contributed by atoms with van der Waals surface area (Å²) in [6.07, 6.45) is 1.10. The molecule has 124 valence electrons. The highest BCUT2D eigenvalue weighted by Crippen LogP contribution is 2.32. The minimum atomic E-state index is -0.614. The van der Waals surface area contributed by atoms with Crippen molar-refractivity contribution in [2.45, 2.75) is 38.9 Å². The summed E-state index contributed by atoms with van der Waals surface area (Å²) < 4.78 is 24.8. The van der Waals surface area contributed by atoms with Crippen LogP contribution in [0.5, 0.6) is 5.75 Å². The summed E-state index contributed by atoms with van der Waals surface area (Å²) in [5.74, 6) is -0.718. The molecule has 0 saturated carbocycles. The van der Waals surface area contributed by atoms with Gasteiger partial charge in [0.25, 0.3) is 0 Å². The first-order chi connectivity index (χ1) is 10.8. The molecule has 2 rings (SSSR count). The van der Waals surface area contributed by atoms with E-state index in [1.54, 1.807) is 20.8 Å². The average molecular weight is 322 g/mol. The van der Waals surface area contributed by atoms with Crippen LogP contribution >= 0.6 is 0 Å². The van der Waals surface area contributed by atoms with Gasteiger partial charge in [-0.3, -0.25) is 0 Å². The van der Waals surface area contributed by atoms with Gasteiger partial charge in [-0.1, -0.05) is 6.07 Å². The number of amides is 1. The Morgan fingerprint density at radius 3 is 2.83 bits per heavy atom. The van der Waals surface area contributed by atoms with Gasteiger partial charge in [-0.2, -0.15) is 4.99 Å². The maximum Gasteiger partial charge on any atom is 0.410 e. The molecular formula is C16H19FN2O4. The molecule has 0 spiro atoms. The van der Waals surface area contributed by atoms with Gasteiger partial charge in [0.05, 0.1) is 6.54 Å². The summed E-state index contributed by atoms with van der Waals surface area (Å²) in [6, 6.07) is 4.11.